The van der Waals surface area contributed by atoms with Gasteiger partial charge < -0.3 is 9.69 Å². The Balaban J connectivity index is 1.73. The van der Waals surface area contributed by atoms with E-state index in [2.05, 4.69) is 4.90 Å². The molecule has 2 rings (SSSR count). The van der Waals surface area contributed by atoms with Gasteiger partial charge in [-0.15, -0.1) is 0 Å². The lowest BCUT2D eigenvalue weighted by Gasteiger charge is -2.30. The van der Waals surface area contributed by atoms with Crippen LogP contribution in [0.3, 0.4) is 0 Å². The highest BCUT2D eigenvalue weighted by molar-refractivity contribution is 5.78. The van der Waals surface area contributed by atoms with E-state index >= 15 is 0 Å². The van der Waals surface area contributed by atoms with E-state index in [1.54, 1.807) is 0 Å². The maximum absolute atomic E-state index is 11.9. The lowest BCUT2D eigenvalue weighted by Crippen LogP contribution is -2.43. The van der Waals surface area contributed by atoms with Crippen molar-refractivity contribution in [2.24, 2.45) is 5.92 Å². The summed E-state index contributed by atoms with van der Waals surface area (Å²) < 4.78 is 0. The molecule has 0 aromatic carbocycles. The largest absolute Gasteiger partial charge is 0.342 e. The molecule has 0 unspecified atom stereocenters. The number of aldehydes is 1. The first-order valence-electron chi connectivity index (χ1n) is 6.14. The summed E-state index contributed by atoms with van der Waals surface area (Å²) in [5.41, 5.74) is 0. The number of hydrogen-bond acceptors (Lipinski definition) is 3. The summed E-state index contributed by atoms with van der Waals surface area (Å²) in [6.07, 6.45) is 5.19. The van der Waals surface area contributed by atoms with E-state index in [1.165, 1.54) is 0 Å². The van der Waals surface area contributed by atoms with E-state index in [-0.39, 0.29) is 11.8 Å². The summed E-state index contributed by atoms with van der Waals surface area (Å²) in [6.45, 7) is 2.29. The van der Waals surface area contributed by atoms with Crippen LogP contribution in [0.2, 0.25) is 0 Å². The maximum Gasteiger partial charge on any atom is 0.236 e. The van der Waals surface area contributed by atoms with Crippen LogP contribution in [-0.4, -0.2) is 54.7 Å². The zero-order valence-electron chi connectivity index (χ0n) is 9.89. The van der Waals surface area contributed by atoms with Crippen molar-refractivity contribution in [3.05, 3.63) is 0 Å². The number of likely N-dealkylation sites (tertiary alicyclic amines) is 1. The van der Waals surface area contributed by atoms with Crippen LogP contribution in [0.5, 0.6) is 0 Å². The highest BCUT2D eigenvalue weighted by Gasteiger charge is 2.30. The SMILES string of the molecule is CN(C(=O)CN1CCC(C=O)CC1)C1CC1. The lowest BCUT2D eigenvalue weighted by atomic mass is 9.99. The first-order chi connectivity index (χ1) is 7.70. The number of piperidine rings is 1. The second kappa shape index (κ2) is 4.95. The highest BCUT2D eigenvalue weighted by atomic mass is 16.2. The zero-order valence-corrected chi connectivity index (χ0v) is 9.89. The van der Waals surface area contributed by atoms with E-state index < -0.39 is 0 Å². The predicted molar refractivity (Wildman–Crippen MR) is 61.0 cm³/mol. The van der Waals surface area contributed by atoms with Gasteiger partial charge in [-0.3, -0.25) is 9.69 Å². The van der Waals surface area contributed by atoms with Crippen molar-refractivity contribution in [3.63, 3.8) is 0 Å². The topological polar surface area (TPSA) is 40.6 Å². The fraction of sp³-hybridized carbons (Fsp3) is 0.833. The van der Waals surface area contributed by atoms with E-state index in [4.69, 9.17) is 0 Å². The number of carbonyl (C=O) groups excluding carboxylic acids is 2. The van der Waals surface area contributed by atoms with Crippen LogP contribution < -0.4 is 0 Å². The van der Waals surface area contributed by atoms with Crippen molar-refractivity contribution in [1.82, 2.24) is 9.80 Å². The van der Waals surface area contributed by atoms with Crippen LogP contribution in [0.15, 0.2) is 0 Å². The zero-order chi connectivity index (χ0) is 11.5. The van der Waals surface area contributed by atoms with Crippen LogP contribution in [0, 0.1) is 5.92 Å². The minimum atomic E-state index is 0.215. The lowest BCUT2D eigenvalue weighted by molar-refractivity contribution is -0.132. The molecule has 0 atom stereocenters. The average molecular weight is 224 g/mol. The number of carbonyl (C=O) groups is 2. The second-order valence-corrected chi connectivity index (χ2v) is 4.99. The minimum absolute atomic E-state index is 0.215. The Morgan fingerprint density at radius 3 is 2.44 bits per heavy atom. The van der Waals surface area contributed by atoms with E-state index in [1.807, 2.05) is 11.9 Å². The molecule has 1 aliphatic heterocycles. The Morgan fingerprint density at radius 1 is 1.31 bits per heavy atom. The van der Waals surface area contributed by atoms with E-state index in [0.717, 1.165) is 45.1 Å². The molecule has 0 spiro atoms. The van der Waals surface area contributed by atoms with Crippen molar-refractivity contribution in [2.45, 2.75) is 31.7 Å². The van der Waals surface area contributed by atoms with Crippen LogP contribution >= 0.6 is 0 Å². The highest BCUT2D eigenvalue weighted by Crippen LogP contribution is 2.25. The van der Waals surface area contributed by atoms with Gasteiger partial charge in [0.05, 0.1) is 6.54 Å². The molecule has 4 heteroatoms. The minimum Gasteiger partial charge on any atom is -0.342 e. The molecule has 90 valence electrons. The molecular formula is C12H20N2O2. The van der Waals surface area contributed by atoms with Gasteiger partial charge in [-0.1, -0.05) is 0 Å². The van der Waals surface area contributed by atoms with Gasteiger partial charge in [0.2, 0.25) is 5.91 Å². The summed E-state index contributed by atoms with van der Waals surface area (Å²) in [7, 11) is 1.90. The van der Waals surface area contributed by atoms with Gasteiger partial charge in [-0.25, -0.2) is 0 Å². The van der Waals surface area contributed by atoms with Crippen molar-refractivity contribution >= 4 is 12.2 Å². The Kier molecular flexibility index (Phi) is 3.59. The third kappa shape index (κ3) is 2.82. The van der Waals surface area contributed by atoms with Gasteiger partial charge in [-0.05, 0) is 38.8 Å². The summed E-state index contributed by atoms with van der Waals surface area (Å²) in [5, 5.41) is 0. The fourth-order valence-electron chi connectivity index (χ4n) is 2.22. The summed E-state index contributed by atoms with van der Waals surface area (Å²) in [5.74, 6) is 0.444. The van der Waals surface area contributed by atoms with E-state index in [9.17, 15) is 9.59 Å². The predicted octanol–water partition coefficient (Wildman–Crippen LogP) is 0.518. The molecule has 0 aromatic rings. The Morgan fingerprint density at radius 2 is 1.94 bits per heavy atom. The molecule has 16 heavy (non-hydrogen) atoms. The molecule has 1 saturated carbocycles. The number of amides is 1. The van der Waals surface area contributed by atoms with Crippen LogP contribution in [0.25, 0.3) is 0 Å². The van der Waals surface area contributed by atoms with Crippen molar-refractivity contribution < 1.29 is 9.59 Å². The van der Waals surface area contributed by atoms with Gasteiger partial charge >= 0.3 is 0 Å². The smallest absolute Gasteiger partial charge is 0.236 e. The Labute approximate surface area is 96.6 Å². The molecule has 0 aromatic heterocycles. The summed E-state index contributed by atoms with van der Waals surface area (Å²) in [6, 6.07) is 0.500. The first kappa shape index (κ1) is 11.6. The normalized spacial score (nSPS) is 23.1. The Hall–Kier alpha value is -0.900. The third-order valence-corrected chi connectivity index (χ3v) is 3.67. The van der Waals surface area contributed by atoms with Crippen molar-refractivity contribution in [2.75, 3.05) is 26.7 Å². The molecule has 1 aliphatic carbocycles. The number of rotatable bonds is 4. The van der Waals surface area contributed by atoms with Crippen LogP contribution in [0.4, 0.5) is 0 Å². The standard InChI is InChI=1S/C12H20N2O2/c1-13(11-2-3-11)12(16)8-14-6-4-10(9-15)5-7-14/h9-11H,2-8H2,1H3. The number of likely N-dealkylation sites (N-methyl/N-ethyl adjacent to an activating group) is 1. The van der Waals surface area contributed by atoms with E-state index in [0.29, 0.717) is 12.6 Å². The number of nitrogens with zero attached hydrogens (tertiary/aromatic N) is 2. The molecule has 2 fully saturated rings. The van der Waals surface area contributed by atoms with Gasteiger partial charge in [0.25, 0.3) is 0 Å². The summed E-state index contributed by atoms with van der Waals surface area (Å²) >= 11 is 0. The molecule has 0 N–H and O–H groups in total. The number of hydrogen-bond donors (Lipinski definition) is 0. The molecule has 1 amide bonds. The first-order valence-corrected chi connectivity index (χ1v) is 6.14. The van der Waals surface area contributed by atoms with Crippen LogP contribution in [0.1, 0.15) is 25.7 Å². The van der Waals surface area contributed by atoms with Gasteiger partial charge in [-0.2, -0.15) is 0 Å². The van der Waals surface area contributed by atoms with Crippen LogP contribution in [-0.2, 0) is 9.59 Å². The molecule has 1 saturated heterocycles. The Bertz CT molecular complexity index is 268. The van der Waals surface area contributed by atoms with Gasteiger partial charge in [0, 0.05) is 19.0 Å². The average Bonchev–Trinajstić information content (AvgIpc) is 3.13. The molecule has 2 aliphatic rings. The monoisotopic (exact) mass is 224 g/mol. The van der Waals surface area contributed by atoms with Crippen molar-refractivity contribution in [1.29, 1.82) is 0 Å². The molecule has 4 nitrogen and oxygen atoms in total. The molecule has 0 bridgehead atoms. The molecule has 0 radical (unpaired) electrons. The van der Waals surface area contributed by atoms with Gasteiger partial charge in [0.1, 0.15) is 6.29 Å². The third-order valence-electron chi connectivity index (χ3n) is 3.67. The van der Waals surface area contributed by atoms with Crippen molar-refractivity contribution in [3.8, 4) is 0 Å². The van der Waals surface area contributed by atoms with Gasteiger partial charge in [0.15, 0.2) is 0 Å². The second-order valence-electron chi connectivity index (χ2n) is 4.99. The summed E-state index contributed by atoms with van der Waals surface area (Å²) in [4.78, 5) is 26.5. The molecule has 1 heterocycles. The molecular weight excluding hydrogens is 204 g/mol. The quantitative estimate of drug-likeness (QED) is 0.654. The maximum atomic E-state index is 11.9. The fourth-order valence-corrected chi connectivity index (χ4v) is 2.22.